The molecule has 3 heteroatoms. The summed E-state index contributed by atoms with van der Waals surface area (Å²) in [6.45, 7) is 1.50. The lowest BCUT2D eigenvalue weighted by molar-refractivity contribution is 0.101. The summed E-state index contributed by atoms with van der Waals surface area (Å²) in [4.78, 5) is 15.1. The Morgan fingerprint density at radius 2 is 1.88 bits per heavy atom. The summed E-state index contributed by atoms with van der Waals surface area (Å²) < 4.78 is 5.55. The predicted molar refractivity (Wildman–Crippen MR) is 60.8 cm³/mol. The monoisotopic (exact) mass is 213 g/mol. The van der Waals surface area contributed by atoms with Gasteiger partial charge in [0, 0.05) is 11.8 Å². The van der Waals surface area contributed by atoms with Crippen LogP contribution in [-0.4, -0.2) is 10.8 Å². The Morgan fingerprint density at radius 1 is 1.12 bits per heavy atom. The van der Waals surface area contributed by atoms with E-state index in [9.17, 15) is 4.79 Å². The summed E-state index contributed by atoms with van der Waals surface area (Å²) in [5, 5.41) is 0. The number of pyridine rings is 1. The van der Waals surface area contributed by atoms with Crippen LogP contribution in [0.25, 0.3) is 0 Å². The fourth-order valence-corrected chi connectivity index (χ4v) is 1.29. The normalized spacial score (nSPS) is 9.81. The van der Waals surface area contributed by atoms with Crippen molar-refractivity contribution in [2.45, 2.75) is 6.92 Å². The molecule has 0 fully saturated rings. The third-order valence-electron chi connectivity index (χ3n) is 2.10. The zero-order valence-electron chi connectivity index (χ0n) is 8.88. The largest absolute Gasteiger partial charge is 0.456 e. The Hall–Kier alpha value is -2.16. The summed E-state index contributed by atoms with van der Waals surface area (Å²) >= 11 is 0. The van der Waals surface area contributed by atoms with Gasteiger partial charge in [0.05, 0.1) is 6.20 Å². The van der Waals surface area contributed by atoms with Crippen molar-refractivity contribution in [3.8, 4) is 11.5 Å². The van der Waals surface area contributed by atoms with Crippen LogP contribution < -0.4 is 4.74 Å². The van der Waals surface area contributed by atoms with Crippen LogP contribution in [0.1, 0.15) is 17.3 Å². The van der Waals surface area contributed by atoms with Gasteiger partial charge in [-0.1, -0.05) is 18.2 Å². The van der Waals surface area contributed by atoms with E-state index < -0.39 is 0 Å². The highest BCUT2D eigenvalue weighted by Crippen LogP contribution is 2.20. The molecule has 1 aromatic carbocycles. The van der Waals surface area contributed by atoms with Gasteiger partial charge in [-0.2, -0.15) is 0 Å². The first-order valence-electron chi connectivity index (χ1n) is 4.94. The van der Waals surface area contributed by atoms with Gasteiger partial charge in [-0.15, -0.1) is 0 Å². The van der Waals surface area contributed by atoms with E-state index in [0.717, 1.165) is 5.75 Å². The van der Waals surface area contributed by atoms with Crippen molar-refractivity contribution in [1.82, 2.24) is 4.98 Å². The number of aromatic nitrogens is 1. The van der Waals surface area contributed by atoms with Crippen LogP contribution in [-0.2, 0) is 0 Å². The molecule has 0 saturated carbocycles. The van der Waals surface area contributed by atoms with Crippen LogP contribution in [0.5, 0.6) is 11.5 Å². The van der Waals surface area contributed by atoms with E-state index in [1.165, 1.54) is 13.1 Å². The minimum Gasteiger partial charge on any atom is -0.456 e. The SMILES string of the molecule is CC(=O)c1cncc(Oc2ccccc2)c1. The molecule has 0 aliphatic carbocycles. The average Bonchev–Trinajstić information content (AvgIpc) is 2.30. The zero-order valence-corrected chi connectivity index (χ0v) is 8.88. The fraction of sp³-hybridized carbons (Fsp3) is 0.0769. The zero-order chi connectivity index (χ0) is 11.4. The highest BCUT2D eigenvalue weighted by atomic mass is 16.5. The standard InChI is InChI=1S/C13H11NO2/c1-10(15)11-7-13(9-14-8-11)16-12-5-3-2-4-6-12/h2-9H,1H3. The highest BCUT2D eigenvalue weighted by Gasteiger charge is 2.02. The van der Waals surface area contributed by atoms with E-state index in [0.29, 0.717) is 11.3 Å². The lowest BCUT2D eigenvalue weighted by Gasteiger charge is -2.05. The number of Topliss-reactive ketones (excluding diaryl/α,β-unsaturated/α-hetero) is 1. The summed E-state index contributed by atoms with van der Waals surface area (Å²) in [5.74, 6) is 1.27. The minimum absolute atomic E-state index is 0.0222. The van der Waals surface area contributed by atoms with Crippen LogP contribution in [0.3, 0.4) is 0 Å². The number of carbonyl (C=O) groups is 1. The van der Waals surface area contributed by atoms with E-state index in [1.54, 1.807) is 12.3 Å². The second-order valence-corrected chi connectivity index (χ2v) is 3.38. The van der Waals surface area contributed by atoms with E-state index in [2.05, 4.69) is 4.98 Å². The number of ketones is 1. The van der Waals surface area contributed by atoms with Crippen molar-refractivity contribution in [2.75, 3.05) is 0 Å². The molecule has 0 unspecified atom stereocenters. The summed E-state index contributed by atoms with van der Waals surface area (Å²) in [6.07, 6.45) is 3.11. The molecule has 0 N–H and O–H groups in total. The summed E-state index contributed by atoms with van der Waals surface area (Å²) in [6, 6.07) is 11.1. The third-order valence-corrected chi connectivity index (χ3v) is 2.10. The molecule has 2 rings (SSSR count). The molecule has 0 spiro atoms. The van der Waals surface area contributed by atoms with Gasteiger partial charge in [0.2, 0.25) is 0 Å². The predicted octanol–water partition coefficient (Wildman–Crippen LogP) is 3.08. The Labute approximate surface area is 93.7 Å². The molecular formula is C13H11NO2. The number of benzene rings is 1. The lowest BCUT2D eigenvalue weighted by atomic mass is 10.2. The number of nitrogens with zero attached hydrogens (tertiary/aromatic N) is 1. The van der Waals surface area contributed by atoms with Crippen LogP contribution in [0.2, 0.25) is 0 Å². The summed E-state index contributed by atoms with van der Waals surface area (Å²) in [5.41, 5.74) is 0.549. The Bertz CT molecular complexity index is 494. The van der Waals surface area contributed by atoms with Crippen LogP contribution >= 0.6 is 0 Å². The molecule has 0 bridgehead atoms. The first-order valence-corrected chi connectivity index (χ1v) is 4.94. The molecule has 3 nitrogen and oxygen atoms in total. The molecule has 16 heavy (non-hydrogen) atoms. The van der Waals surface area contributed by atoms with Gasteiger partial charge < -0.3 is 4.74 Å². The first kappa shape index (κ1) is 10.4. The van der Waals surface area contributed by atoms with Gasteiger partial charge in [0.15, 0.2) is 5.78 Å². The lowest BCUT2D eigenvalue weighted by Crippen LogP contribution is -1.94. The highest BCUT2D eigenvalue weighted by molar-refractivity contribution is 5.94. The van der Waals surface area contributed by atoms with Gasteiger partial charge in [0.1, 0.15) is 11.5 Å². The van der Waals surface area contributed by atoms with E-state index in [4.69, 9.17) is 4.74 Å². The van der Waals surface area contributed by atoms with Crippen molar-refractivity contribution < 1.29 is 9.53 Å². The number of rotatable bonds is 3. The maximum atomic E-state index is 11.2. The average molecular weight is 213 g/mol. The van der Waals surface area contributed by atoms with Crippen LogP contribution in [0.15, 0.2) is 48.8 Å². The Balaban J connectivity index is 2.22. The van der Waals surface area contributed by atoms with E-state index in [1.807, 2.05) is 30.3 Å². The van der Waals surface area contributed by atoms with Crippen LogP contribution in [0.4, 0.5) is 0 Å². The van der Waals surface area contributed by atoms with E-state index in [-0.39, 0.29) is 5.78 Å². The maximum absolute atomic E-state index is 11.2. The molecule has 2 aromatic rings. The van der Waals surface area contributed by atoms with Gasteiger partial charge in [-0.25, -0.2) is 0 Å². The molecule has 0 aliphatic heterocycles. The molecule has 80 valence electrons. The molecule has 0 saturated heterocycles. The van der Waals surface area contributed by atoms with Crippen molar-refractivity contribution >= 4 is 5.78 Å². The molecule has 0 radical (unpaired) electrons. The number of hydrogen-bond donors (Lipinski definition) is 0. The number of carbonyl (C=O) groups excluding carboxylic acids is 1. The van der Waals surface area contributed by atoms with E-state index >= 15 is 0 Å². The summed E-state index contributed by atoms with van der Waals surface area (Å²) in [7, 11) is 0. The topological polar surface area (TPSA) is 39.2 Å². The third kappa shape index (κ3) is 2.45. The molecular weight excluding hydrogens is 202 g/mol. The second-order valence-electron chi connectivity index (χ2n) is 3.38. The smallest absolute Gasteiger partial charge is 0.161 e. The number of ether oxygens (including phenoxy) is 1. The Morgan fingerprint density at radius 3 is 2.56 bits per heavy atom. The maximum Gasteiger partial charge on any atom is 0.161 e. The molecule has 1 aromatic heterocycles. The van der Waals surface area contributed by atoms with Gasteiger partial charge in [-0.3, -0.25) is 9.78 Å². The van der Waals surface area contributed by atoms with Gasteiger partial charge >= 0.3 is 0 Å². The Kier molecular flexibility index (Phi) is 2.96. The second kappa shape index (κ2) is 4.57. The van der Waals surface area contributed by atoms with Crippen molar-refractivity contribution in [2.24, 2.45) is 0 Å². The minimum atomic E-state index is -0.0222. The quantitative estimate of drug-likeness (QED) is 0.735. The number of hydrogen-bond acceptors (Lipinski definition) is 3. The van der Waals surface area contributed by atoms with Crippen molar-refractivity contribution in [1.29, 1.82) is 0 Å². The van der Waals surface area contributed by atoms with Gasteiger partial charge in [0.25, 0.3) is 0 Å². The van der Waals surface area contributed by atoms with Crippen LogP contribution in [0, 0.1) is 0 Å². The fourth-order valence-electron chi connectivity index (χ4n) is 1.29. The van der Waals surface area contributed by atoms with Crippen molar-refractivity contribution in [3.63, 3.8) is 0 Å². The molecule has 0 atom stereocenters. The van der Waals surface area contributed by atoms with Crippen molar-refractivity contribution in [3.05, 3.63) is 54.4 Å². The first-order chi connectivity index (χ1) is 7.75. The van der Waals surface area contributed by atoms with Gasteiger partial charge in [-0.05, 0) is 25.1 Å². The molecule has 0 aliphatic rings. The number of para-hydroxylation sites is 1. The molecule has 0 amide bonds. The molecule has 1 heterocycles.